The molecule has 0 heterocycles. The Bertz CT molecular complexity index is 397. The number of hydrogen-bond acceptors (Lipinski definition) is 3. The quantitative estimate of drug-likeness (QED) is 0.617. The van der Waals surface area contributed by atoms with E-state index in [1.165, 1.54) is 0 Å². The molecule has 3 N–H and O–H groups in total. The molecule has 3 aliphatic carbocycles. The third-order valence-corrected chi connectivity index (χ3v) is 6.13. The minimum Gasteiger partial charge on any atom is -0.390 e. The Morgan fingerprint density at radius 1 is 1.28 bits per heavy atom. The minimum absolute atomic E-state index is 0.0334. The van der Waals surface area contributed by atoms with E-state index in [-0.39, 0.29) is 29.1 Å². The van der Waals surface area contributed by atoms with Gasteiger partial charge in [0.1, 0.15) is 0 Å². The van der Waals surface area contributed by atoms with Crippen molar-refractivity contribution in [2.75, 3.05) is 0 Å². The first-order chi connectivity index (χ1) is 8.19. The van der Waals surface area contributed by atoms with Gasteiger partial charge < -0.3 is 15.3 Å². The van der Waals surface area contributed by atoms with Crippen molar-refractivity contribution in [3.8, 4) is 0 Å². The maximum absolute atomic E-state index is 10.4. The van der Waals surface area contributed by atoms with Crippen LogP contribution in [-0.4, -0.2) is 33.1 Å². The molecule has 0 aromatic heterocycles. The highest BCUT2D eigenvalue weighted by Gasteiger charge is 2.69. The van der Waals surface area contributed by atoms with Gasteiger partial charge >= 0.3 is 0 Å². The van der Waals surface area contributed by atoms with E-state index in [0.717, 1.165) is 18.4 Å². The minimum atomic E-state index is -0.753. The lowest BCUT2D eigenvalue weighted by Crippen LogP contribution is -2.47. The molecule has 3 rings (SSSR count). The van der Waals surface area contributed by atoms with Crippen LogP contribution in [-0.2, 0) is 0 Å². The zero-order valence-electron chi connectivity index (χ0n) is 11.4. The fourth-order valence-electron chi connectivity index (χ4n) is 5.24. The summed E-state index contributed by atoms with van der Waals surface area (Å²) in [5.74, 6) is 0.358. The molecule has 0 aromatic rings. The fraction of sp³-hybridized carbons (Fsp3) is 0.867. The highest BCUT2D eigenvalue weighted by molar-refractivity contribution is 5.34. The zero-order valence-corrected chi connectivity index (χ0v) is 11.4. The largest absolute Gasteiger partial charge is 0.390 e. The van der Waals surface area contributed by atoms with Gasteiger partial charge in [0.2, 0.25) is 0 Å². The van der Waals surface area contributed by atoms with Gasteiger partial charge in [-0.25, -0.2) is 0 Å². The number of aliphatic hydroxyl groups excluding tert-OH is 2. The van der Waals surface area contributed by atoms with E-state index in [9.17, 15) is 15.3 Å². The summed E-state index contributed by atoms with van der Waals surface area (Å²) in [6.07, 6.45) is 0.571. The van der Waals surface area contributed by atoms with Gasteiger partial charge in [-0.05, 0) is 43.9 Å². The molecular weight excluding hydrogens is 228 g/mol. The summed E-state index contributed by atoms with van der Waals surface area (Å²) in [6, 6.07) is 0. The number of rotatable bonds is 1. The highest BCUT2D eigenvalue weighted by atomic mass is 16.3. The monoisotopic (exact) mass is 252 g/mol. The molecule has 0 aliphatic heterocycles. The number of hydrogen-bond donors (Lipinski definition) is 3. The molecule has 0 amide bonds. The second-order valence-corrected chi connectivity index (χ2v) is 7.35. The van der Waals surface area contributed by atoms with Crippen molar-refractivity contribution in [2.24, 2.45) is 29.1 Å². The van der Waals surface area contributed by atoms with E-state index in [0.29, 0.717) is 0 Å². The fourth-order valence-corrected chi connectivity index (χ4v) is 5.24. The summed E-state index contributed by atoms with van der Waals surface area (Å²) in [7, 11) is 0. The van der Waals surface area contributed by atoms with E-state index in [2.05, 4.69) is 13.5 Å². The number of aliphatic hydroxyl groups is 3. The average Bonchev–Trinajstić information content (AvgIpc) is 2.56. The Morgan fingerprint density at radius 3 is 2.44 bits per heavy atom. The molecule has 0 saturated heterocycles. The Morgan fingerprint density at radius 2 is 1.89 bits per heavy atom. The van der Waals surface area contributed by atoms with Crippen LogP contribution in [0.15, 0.2) is 12.2 Å². The maximum atomic E-state index is 10.4. The summed E-state index contributed by atoms with van der Waals surface area (Å²) >= 11 is 0. The van der Waals surface area contributed by atoms with Crippen LogP contribution in [0.25, 0.3) is 0 Å². The topological polar surface area (TPSA) is 60.7 Å². The zero-order chi connectivity index (χ0) is 13.5. The molecule has 3 saturated carbocycles. The smallest absolute Gasteiger partial charge is 0.0870 e. The summed E-state index contributed by atoms with van der Waals surface area (Å²) < 4.78 is 0. The molecule has 3 aliphatic rings. The normalized spacial score (nSPS) is 55.1. The van der Waals surface area contributed by atoms with E-state index >= 15 is 0 Å². The van der Waals surface area contributed by atoms with Crippen molar-refractivity contribution in [1.82, 2.24) is 0 Å². The van der Waals surface area contributed by atoms with E-state index in [1.807, 2.05) is 13.8 Å². The predicted octanol–water partition coefficient (Wildman–Crippen LogP) is 1.33. The highest BCUT2D eigenvalue weighted by Crippen LogP contribution is 2.69. The summed E-state index contributed by atoms with van der Waals surface area (Å²) in [5, 5.41) is 30.9. The van der Waals surface area contributed by atoms with Crippen molar-refractivity contribution in [2.45, 2.75) is 51.4 Å². The standard InChI is InChI=1S/C15H24O3/c1-7-9-10-8(14(2,3)18)5-6-15(7,4)11(10)13(17)12(9)16/h8-13,16-18H,1,5-6H2,2-4H3/t8-,9?,10?,11?,12?,13?,15-/m0/s1. The molecule has 3 fully saturated rings. The summed E-state index contributed by atoms with van der Waals surface area (Å²) in [6.45, 7) is 10.1. The predicted molar refractivity (Wildman–Crippen MR) is 68.8 cm³/mol. The molecular formula is C15H24O3. The van der Waals surface area contributed by atoms with Gasteiger partial charge in [0.05, 0.1) is 17.8 Å². The van der Waals surface area contributed by atoms with Gasteiger partial charge in [0, 0.05) is 11.8 Å². The first-order valence-electron chi connectivity index (χ1n) is 6.97. The van der Waals surface area contributed by atoms with Gasteiger partial charge in [-0.3, -0.25) is 0 Å². The third kappa shape index (κ3) is 1.25. The summed E-state index contributed by atoms with van der Waals surface area (Å²) in [5.41, 5.74) is 0.300. The molecule has 102 valence electrons. The Kier molecular flexibility index (Phi) is 2.38. The molecule has 3 heteroatoms. The van der Waals surface area contributed by atoms with Crippen LogP contribution in [0.2, 0.25) is 0 Å². The van der Waals surface area contributed by atoms with Crippen molar-refractivity contribution in [3.05, 3.63) is 12.2 Å². The first-order valence-corrected chi connectivity index (χ1v) is 6.97. The van der Waals surface area contributed by atoms with Crippen molar-refractivity contribution in [3.63, 3.8) is 0 Å². The Balaban J connectivity index is 2.07. The van der Waals surface area contributed by atoms with Crippen LogP contribution < -0.4 is 0 Å². The van der Waals surface area contributed by atoms with Gasteiger partial charge in [-0.1, -0.05) is 19.1 Å². The van der Waals surface area contributed by atoms with Crippen molar-refractivity contribution in [1.29, 1.82) is 0 Å². The molecule has 4 bridgehead atoms. The lowest BCUT2D eigenvalue weighted by Gasteiger charge is -2.47. The first kappa shape index (κ1) is 12.6. The van der Waals surface area contributed by atoms with E-state index in [4.69, 9.17) is 0 Å². The van der Waals surface area contributed by atoms with Gasteiger partial charge in [0.15, 0.2) is 0 Å². The molecule has 0 aromatic carbocycles. The Labute approximate surface area is 109 Å². The van der Waals surface area contributed by atoms with Crippen LogP contribution in [0.4, 0.5) is 0 Å². The van der Waals surface area contributed by atoms with Crippen molar-refractivity contribution < 1.29 is 15.3 Å². The van der Waals surface area contributed by atoms with Crippen LogP contribution in [0.5, 0.6) is 0 Å². The van der Waals surface area contributed by atoms with E-state index < -0.39 is 17.8 Å². The van der Waals surface area contributed by atoms with Crippen LogP contribution in [0.1, 0.15) is 33.6 Å². The average molecular weight is 252 g/mol. The lowest BCUT2D eigenvalue weighted by atomic mass is 9.60. The molecule has 0 radical (unpaired) electrons. The molecule has 5 unspecified atom stereocenters. The molecule has 0 spiro atoms. The third-order valence-electron chi connectivity index (χ3n) is 6.13. The SMILES string of the molecule is C=C1C2C(O)C(O)C3C2[C@@H](C(C)(C)O)CC[C@@]13C. The second kappa shape index (κ2) is 3.38. The maximum Gasteiger partial charge on any atom is 0.0870 e. The summed E-state index contributed by atoms with van der Waals surface area (Å²) in [4.78, 5) is 0. The van der Waals surface area contributed by atoms with Gasteiger partial charge in [0.25, 0.3) is 0 Å². The molecule has 18 heavy (non-hydrogen) atoms. The molecule has 3 nitrogen and oxygen atoms in total. The molecule has 7 atom stereocenters. The second-order valence-electron chi connectivity index (χ2n) is 7.35. The van der Waals surface area contributed by atoms with E-state index in [1.54, 1.807) is 0 Å². The van der Waals surface area contributed by atoms with Gasteiger partial charge in [-0.15, -0.1) is 0 Å². The van der Waals surface area contributed by atoms with Gasteiger partial charge in [-0.2, -0.15) is 0 Å². The Hall–Kier alpha value is -0.380. The van der Waals surface area contributed by atoms with Crippen LogP contribution >= 0.6 is 0 Å². The van der Waals surface area contributed by atoms with Crippen LogP contribution in [0.3, 0.4) is 0 Å². The van der Waals surface area contributed by atoms with Crippen molar-refractivity contribution >= 4 is 0 Å². The van der Waals surface area contributed by atoms with Crippen LogP contribution in [0, 0.1) is 29.1 Å². The lowest BCUT2D eigenvalue weighted by molar-refractivity contribution is -0.0780.